The second kappa shape index (κ2) is 5.74. The van der Waals surface area contributed by atoms with Crippen LogP contribution >= 0.6 is 10.7 Å². The minimum atomic E-state index is -3.57. The predicted octanol–water partition coefficient (Wildman–Crippen LogP) is 2.48. The molecule has 1 aromatic rings. The largest absolute Gasteiger partial charge is 0.312 e. The number of para-hydroxylation sites is 1. The molecular weight excluding hydrogens is 298 g/mol. The number of aryl methyl sites for hydroxylation is 2. The summed E-state index contributed by atoms with van der Waals surface area (Å²) in [5, 5.41) is 0. The second-order valence-electron chi connectivity index (χ2n) is 5.22. The molecule has 1 amide bonds. The van der Waals surface area contributed by atoms with Crippen molar-refractivity contribution in [3.05, 3.63) is 29.3 Å². The summed E-state index contributed by atoms with van der Waals surface area (Å²) >= 11 is 0. The van der Waals surface area contributed by atoms with Crippen molar-refractivity contribution in [3.63, 3.8) is 0 Å². The van der Waals surface area contributed by atoms with Gasteiger partial charge in [0.15, 0.2) is 0 Å². The number of hydrogen-bond acceptors (Lipinski definition) is 3. The fourth-order valence-electron chi connectivity index (χ4n) is 2.78. The predicted molar refractivity (Wildman–Crippen MR) is 80.7 cm³/mol. The van der Waals surface area contributed by atoms with Crippen LogP contribution in [-0.4, -0.2) is 26.6 Å². The maximum absolute atomic E-state index is 12.2. The molecule has 0 aliphatic carbocycles. The molecule has 0 saturated carbocycles. The highest BCUT2D eigenvalue weighted by Crippen LogP contribution is 2.32. The van der Waals surface area contributed by atoms with E-state index in [-0.39, 0.29) is 24.0 Å². The lowest BCUT2D eigenvalue weighted by Crippen LogP contribution is -2.27. The molecule has 110 valence electrons. The summed E-state index contributed by atoms with van der Waals surface area (Å²) in [7, 11) is 1.72. The van der Waals surface area contributed by atoms with E-state index in [4.69, 9.17) is 10.7 Å². The number of rotatable bonds is 4. The molecule has 1 heterocycles. The second-order valence-corrected chi connectivity index (χ2v) is 8.04. The van der Waals surface area contributed by atoms with Gasteiger partial charge in [0.2, 0.25) is 15.0 Å². The average molecular weight is 316 g/mol. The Morgan fingerprint density at radius 2 is 2.10 bits per heavy atom. The molecular formula is C14H18ClNO3S. The number of benzene rings is 1. The summed E-state index contributed by atoms with van der Waals surface area (Å²) in [6, 6.07) is 5.94. The summed E-state index contributed by atoms with van der Waals surface area (Å²) in [6.07, 6.45) is 1.07. The molecule has 1 unspecified atom stereocenters. The van der Waals surface area contributed by atoms with E-state index < -0.39 is 9.05 Å². The molecule has 2 rings (SSSR count). The Balaban J connectivity index is 2.29. The van der Waals surface area contributed by atoms with Crippen LogP contribution in [0.1, 0.15) is 24.5 Å². The highest BCUT2D eigenvalue weighted by atomic mass is 35.7. The average Bonchev–Trinajstić information content (AvgIpc) is 2.67. The van der Waals surface area contributed by atoms with Gasteiger partial charge in [-0.2, -0.15) is 0 Å². The van der Waals surface area contributed by atoms with Gasteiger partial charge in [0.05, 0.1) is 5.75 Å². The van der Waals surface area contributed by atoms with Gasteiger partial charge in [-0.05, 0) is 24.5 Å². The van der Waals surface area contributed by atoms with Gasteiger partial charge in [0.25, 0.3) is 0 Å². The van der Waals surface area contributed by atoms with Crippen LogP contribution in [0.3, 0.4) is 0 Å². The molecule has 0 spiro atoms. The normalized spacial score (nSPS) is 19.6. The van der Waals surface area contributed by atoms with Crippen molar-refractivity contribution in [2.45, 2.75) is 26.7 Å². The van der Waals surface area contributed by atoms with Crippen LogP contribution < -0.4 is 4.90 Å². The summed E-state index contributed by atoms with van der Waals surface area (Å²) in [5.74, 6) is -0.405. The van der Waals surface area contributed by atoms with E-state index in [0.717, 1.165) is 23.2 Å². The fraction of sp³-hybridized carbons (Fsp3) is 0.500. The van der Waals surface area contributed by atoms with Gasteiger partial charge in [-0.25, -0.2) is 8.42 Å². The molecule has 0 radical (unpaired) electrons. The zero-order chi connectivity index (χ0) is 14.9. The molecule has 0 N–H and O–H groups in total. The van der Waals surface area contributed by atoms with E-state index in [1.807, 2.05) is 32.0 Å². The Hall–Kier alpha value is -1.07. The number of carbonyl (C=O) groups excluding carboxylic acids is 1. The third-order valence-electron chi connectivity index (χ3n) is 3.61. The SMILES string of the molecule is CCc1cccc(C)c1N1CC(CS(=O)(=O)Cl)CC1=O. The van der Waals surface area contributed by atoms with Gasteiger partial charge in [0.1, 0.15) is 0 Å². The van der Waals surface area contributed by atoms with Crippen molar-refractivity contribution in [1.82, 2.24) is 0 Å². The Labute approximate surface area is 124 Å². The molecule has 1 saturated heterocycles. The van der Waals surface area contributed by atoms with Gasteiger partial charge in [-0.3, -0.25) is 4.79 Å². The van der Waals surface area contributed by atoms with E-state index in [1.54, 1.807) is 4.90 Å². The van der Waals surface area contributed by atoms with Gasteiger partial charge in [0, 0.05) is 35.3 Å². The quantitative estimate of drug-likeness (QED) is 0.802. The fourth-order valence-corrected chi connectivity index (χ4v) is 4.10. The topological polar surface area (TPSA) is 54.5 Å². The van der Waals surface area contributed by atoms with Crippen LogP contribution in [0.25, 0.3) is 0 Å². The van der Waals surface area contributed by atoms with E-state index in [2.05, 4.69) is 0 Å². The molecule has 0 aromatic heterocycles. The van der Waals surface area contributed by atoms with Crippen molar-refractivity contribution in [2.75, 3.05) is 17.2 Å². The number of anilines is 1. The summed E-state index contributed by atoms with van der Waals surface area (Å²) in [6.45, 7) is 4.43. The van der Waals surface area contributed by atoms with Gasteiger partial charge >= 0.3 is 0 Å². The summed E-state index contributed by atoms with van der Waals surface area (Å²) < 4.78 is 22.3. The van der Waals surface area contributed by atoms with E-state index in [0.29, 0.717) is 6.54 Å². The van der Waals surface area contributed by atoms with E-state index in [1.165, 1.54) is 0 Å². The minimum Gasteiger partial charge on any atom is -0.312 e. The number of carbonyl (C=O) groups is 1. The van der Waals surface area contributed by atoms with Gasteiger partial charge in [-0.15, -0.1) is 0 Å². The molecule has 1 atom stereocenters. The Bertz CT molecular complexity index is 627. The lowest BCUT2D eigenvalue weighted by Gasteiger charge is -2.22. The van der Waals surface area contributed by atoms with E-state index >= 15 is 0 Å². The Morgan fingerprint density at radius 1 is 1.40 bits per heavy atom. The van der Waals surface area contributed by atoms with Crippen molar-refractivity contribution in [3.8, 4) is 0 Å². The van der Waals surface area contributed by atoms with E-state index in [9.17, 15) is 13.2 Å². The van der Waals surface area contributed by atoms with Crippen LogP contribution in [0.2, 0.25) is 0 Å². The minimum absolute atomic E-state index is 0.0284. The first kappa shape index (κ1) is 15.3. The lowest BCUT2D eigenvalue weighted by atomic mass is 10.0. The smallest absolute Gasteiger partial charge is 0.232 e. The monoisotopic (exact) mass is 315 g/mol. The van der Waals surface area contributed by atoms with Gasteiger partial charge < -0.3 is 4.90 Å². The third kappa shape index (κ3) is 3.33. The third-order valence-corrected chi connectivity index (χ3v) is 4.86. The van der Waals surface area contributed by atoms with Crippen molar-refractivity contribution in [1.29, 1.82) is 0 Å². The van der Waals surface area contributed by atoms with Crippen LogP contribution in [0.4, 0.5) is 5.69 Å². The molecule has 0 bridgehead atoms. The Kier molecular flexibility index (Phi) is 4.39. The zero-order valence-electron chi connectivity index (χ0n) is 11.6. The molecule has 4 nitrogen and oxygen atoms in total. The molecule has 20 heavy (non-hydrogen) atoms. The maximum Gasteiger partial charge on any atom is 0.232 e. The van der Waals surface area contributed by atoms with Crippen LogP contribution in [-0.2, 0) is 20.3 Å². The first-order chi connectivity index (χ1) is 9.31. The summed E-state index contributed by atoms with van der Waals surface area (Å²) in [4.78, 5) is 13.9. The maximum atomic E-state index is 12.2. The first-order valence-corrected chi connectivity index (χ1v) is 9.11. The lowest BCUT2D eigenvalue weighted by molar-refractivity contribution is -0.117. The van der Waals surface area contributed by atoms with Crippen LogP contribution in [0.15, 0.2) is 18.2 Å². The highest BCUT2D eigenvalue weighted by molar-refractivity contribution is 8.13. The molecule has 1 aromatic carbocycles. The van der Waals surface area contributed by atoms with Crippen molar-refractivity contribution < 1.29 is 13.2 Å². The van der Waals surface area contributed by atoms with Crippen LogP contribution in [0, 0.1) is 12.8 Å². The van der Waals surface area contributed by atoms with Crippen LogP contribution in [0.5, 0.6) is 0 Å². The molecule has 1 fully saturated rings. The zero-order valence-corrected chi connectivity index (χ0v) is 13.2. The number of nitrogens with zero attached hydrogens (tertiary/aromatic N) is 1. The molecule has 6 heteroatoms. The number of halogens is 1. The van der Waals surface area contributed by atoms with Gasteiger partial charge in [-0.1, -0.05) is 25.1 Å². The molecule has 1 aliphatic heterocycles. The number of hydrogen-bond donors (Lipinski definition) is 0. The Morgan fingerprint density at radius 3 is 2.70 bits per heavy atom. The highest BCUT2D eigenvalue weighted by Gasteiger charge is 2.34. The standard InChI is InChI=1S/C14H18ClNO3S/c1-3-12-6-4-5-10(2)14(12)16-8-11(7-13(16)17)9-20(15,18)19/h4-6,11H,3,7-9H2,1-2H3. The number of amides is 1. The summed E-state index contributed by atoms with van der Waals surface area (Å²) in [5.41, 5.74) is 3.06. The van der Waals surface area contributed by atoms with Crippen molar-refractivity contribution in [2.24, 2.45) is 5.92 Å². The van der Waals surface area contributed by atoms with Crippen molar-refractivity contribution >= 4 is 31.3 Å². The molecule has 1 aliphatic rings. The first-order valence-electron chi connectivity index (χ1n) is 6.63.